The Bertz CT molecular complexity index is 1070. The Balaban J connectivity index is 1.63. The first-order valence-electron chi connectivity index (χ1n) is 8.18. The number of halogens is 1. The number of rotatable bonds is 3. The van der Waals surface area contributed by atoms with Crippen LogP contribution in [0, 0.1) is 5.82 Å². The number of thioether (sulfide) groups is 1. The summed E-state index contributed by atoms with van der Waals surface area (Å²) in [5, 5.41) is 5.13. The molecule has 28 heavy (non-hydrogen) atoms. The highest BCUT2D eigenvalue weighted by Gasteiger charge is 2.39. The van der Waals surface area contributed by atoms with Gasteiger partial charge in [-0.2, -0.15) is 0 Å². The molecule has 4 rings (SSSR count). The number of thiocarbonyl (C=S) groups is 1. The summed E-state index contributed by atoms with van der Waals surface area (Å²) < 4.78 is 13.3. The van der Waals surface area contributed by atoms with Gasteiger partial charge in [0.25, 0.3) is 11.8 Å². The Hall–Kier alpha value is -3.04. The second-order valence-corrected chi connectivity index (χ2v) is 7.70. The highest BCUT2D eigenvalue weighted by atomic mass is 32.2. The van der Waals surface area contributed by atoms with E-state index >= 15 is 0 Å². The molecule has 0 saturated carbocycles. The zero-order chi connectivity index (χ0) is 19.8. The summed E-state index contributed by atoms with van der Waals surface area (Å²) in [7, 11) is 0. The van der Waals surface area contributed by atoms with Gasteiger partial charge in [0.15, 0.2) is 0 Å². The predicted octanol–water partition coefficient (Wildman–Crippen LogP) is 2.67. The molecule has 1 fully saturated rings. The van der Waals surface area contributed by atoms with Gasteiger partial charge in [-0.05, 0) is 30.3 Å². The van der Waals surface area contributed by atoms with Crippen molar-refractivity contribution >= 4 is 63.0 Å². The van der Waals surface area contributed by atoms with Gasteiger partial charge in [-0.15, -0.1) is 0 Å². The van der Waals surface area contributed by atoms with Gasteiger partial charge in [-0.25, -0.2) is 4.39 Å². The summed E-state index contributed by atoms with van der Waals surface area (Å²) in [5.41, 5.74) is 1.76. The molecule has 3 amide bonds. The van der Waals surface area contributed by atoms with Crippen molar-refractivity contribution in [2.75, 3.05) is 16.8 Å². The van der Waals surface area contributed by atoms with Crippen molar-refractivity contribution in [3.8, 4) is 0 Å². The van der Waals surface area contributed by atoms with Crippen LogP contribution in [0.1, 0.15) is 5.56 Å². The Morgan fingerprint density at radius 3 is 2.54 bits per heavy atom. The van der Waals surface area contributed by atoms with Crippen molar-refractivity contribution in [3.05, 3.63) is 64.8 Å². The minimum Gasteiger partial charge on any atom is -0.325 e. The van der Waals surface area contributed by atoms with Crippen molar-refractivity contribution in [3.63, 3.8) is 0 Å². The molecule has 2 N–H and O–H groups in total. The zero-order valence-electron chi connectivity index (χ0n) is 14.2. The quantitative estimate of drug-likeness (QED) is 0.598. The Kier molecular flexibility index (Phi) is 4.70. The molecule has 2 aromatic rings. The average Bonchev–Trinajstić information content (AvgIpc) is 3.13. The fourth-order valence-electron chi connectivity index (χ4n) is 3.01. The first-order chi connectivity index (χ1) is 13.4. The number of hydrogen-bond acceptors (Lipinski definition) is 5. The number of benzene rings is 2. The van der Waals surface area contributed by atoms with Gasteiger partial charge < -0.3 is 10.6 Å². The monoisotopic (exact) mass is 413 g/mol. The van der Waals surface area contributed by atoms with E-state index in [2.05, 4.69) is 10.6 Å². The SMILES string of the molecule is O=C(CN1C(=O)C(=C2SC(=S)NC2=O)c2ccccc21)Nc1ccc(F)cc1. The summed E-state index contributed by atoms with van der Waals surface area (Å²) in [4.78, 5) is 39.2. The largest absolute Gasteiger partial charge is 0.325 e. The minimum atomic E-state index is -0.446. The molecule has 140 valence electrons. The van der Waals surface area contributed by atoms with E-state index < -0.39 is 23.5 Å². The Labute approximate surface area is 168 Å². The number of nitrogens with zero attached hydrogens (tertiary/aromatic N) is 1. The second-order valence-electron chi connectivity index (χ2n) is 6.01. The summed E-state index contributed by atoms with van der Waals surface area (Å²) in [6, 6.07) is 12.3. The van der Waals surface area contributed by atoms with Gasteiger partial charge in [0, 0.05) is 11.3 Å². The number of carbonyl (C=O) groups excluding carboxylic acids is 3. The van der Waals surface area contributed by atoms with Crippen LogP contribution >= 0.6 is 24.0 Å². The molecule has 2 heterocycles. The molecule has 1 saturated heterocycles. The molecular weight excluding hydrogens is 401 g/mol. The molecule has 9 heteroatoms. The molecule has 2 aromatic carbocycles. The number of nitrogens with one attached hydrogen (secondary N) is 2. The fourth-order valence-corrected chi connectivity index (χ4v) is 4.13. The summed E-state index contributed by atoms with van der Waals surface area (Å²) in [6.45, 7) is -0.249. The summed E-state index contributed by atoms with van der Waals surface area (Å²) in [5.74, 6) is -1.73. The lowest BCUT2D eigenvalue weighted by atomic mass is 10.1. The van der Waals surface area contributed by atoms with E-state index in [1.54, 1.807) is 24.3 Å². The molecule has 0 unspecified atom stereocenters. The number of fused-ring (bicyclic) bond motifs is 1. The van der Waals surface area contributed by atoms with Crippen LogP contribution in [0.3, 0.4) is 0 Å². The number of amides is 3. The van der Waals surface area contributed by atoms with Gasteiger partial charge in [-0.1, -0.05) is 42.2 Å². The first kappa shape index (κ1) is 18.3. The van der Waals surface area contributed by atoms with E-state index in [4.69, 9.17) is 12.2 Å². The van der Waals surface area contributed by atoms with Gasteiger partial charge in [-0.3, -0.25) is 19.3 Å². The van der Waals surface area contributed by atoms with Gasteiger partial charge in [0.05, 0.1) is 16.2 Å². The standard InChI is InChI=1S/C19H12FN3O3S2/c20-10-5-7-11(8-6-10)21-14(24)9-23-13-4-2-1-3-12(13)15(18(23)26)16-17(25)22-19(27)28-16/h1-8H,9H2,(H,21,24)(H,22,25,27). The molecule has 0 radical (unpaired) electrons. The molecule has 2 aliphatic rings. The maximum Gasteiger partial charge on any atom is 0.264 e. The third-order valence-electron chi connectivity index (χ3n) is 4.20. The normalized spacial score (nSPS) is 18.3. The van der Waals surface area contributed by atoms with Crippen LogP contribution in [0.15, 0.2) is 53.4 Å². The number of hydrogen-bond donors (Lipinski definition) is 2. The van der Waals surface area contributed by atoms with E-state index in [1.807, 2.05) is 0 Å². The summed E-state index contributed by atoms with van der Waals surface area (Å²) >= 11 is 6.04. The second kappa shape index (κ2) is 7.17. The lowest BCUT2D eigenvalue weighted by molar-refractivity contribution is -0.118. The Morgan fingerprint density at radius 1 is 1.14 bits per heavy atom. The van der Waals surface area contributed by atoms with E-state index in [0.717, 1.165) is 11.8 Å². The lowest BCUT2D eigenvalue weighted by Gasteiger charge is -2.16. The van der Waals surface area contributed by atoms with Crippen molar-refractivity contribution in [2.24, 2.45) is 0 Å². The highest BCUT2D eigenvalue weighted by molar-refractivity contribution is 8.27. The topological polar surface area (TPSA) is 78.5 Å². The third-order valence-corrected chi connectivity index (χ3v) is 5.43. The fraction of sp³-hybridized carbons (Fsp3) is 0.0526. The molecule has 0 aliphatic carbocycles. The van der Waals surface area contributed by atoms with E-state index in [0.29, 0.717) is 16.9 Å². The maximum absolute atomic E-state index is 13.0. The van der Waals surface area contributed by atoms with Gasteiger partial charge >= 0.3 is 0 Å². The molecule has 2 aliphatic heterocycles. The van der Waals surface area contributed by atoms with Crippen LogP contribution in [0.2, 0.25) is 0 Å². The van der Waals surface area contributed by atoms with Crippen LogP contribution in [-0.2, 0) is 14.4 Å². The van der Waals surface area contributed by atoms with Gasteiger partial charge in [0.1, 0.15) is 16.7 Å². The third kappa shape index (κ3) is 3.30. The number of carbonyl (C=O) groups is 3. The maximum atomic E-state index is 13.0. The summed E-state index contributed by atoms with van der Waals surface area (Å²) in [6.07, 6.45) is 0. The first-order valence-corrected chi connectivity index (χ1v) is 9.40. The minimum absolute atomic E-state index is 0.226. The van der Waals surface area contributed by atoms with Crippen LogP contribution < -0.4 is 15.5 Å². The molecule has 0 bridgehead atoms. The average molecular weight is 413 g/mol. The smallest absolute Gasteiger partial charge is 0.264 e. The predicted molar refractivity (Wildman–Crippen MR) is 109 cm³/mol. The highest BCUT2D eigenvalue weighted by Crippen LogP contribution is 2.42. The lowest BCUT2D eigenvalue weighted by Crippen LogP contribution is -2.35. The van der Waals surface area contributed by atoms with Crippen molar-refractivity contribution in [1.29, 1.82) is 0 Å². The van der Waals surface area contributed by atoms with Gasteiger partial charge in [0.2, 0.25) is 5.91 Å². The molecule has 6 nitrogen and oxygen atoms in total. The van der Waals surface area contributed by atoms with E-state index in [-0.39, 0.29) is 21.3 Å². The van der Waals surface area contributed by atoms with Crippen molar-refractivity contribution in [1.82, 2.24) is 5.32 Å². The molecule has 0 atom stereocenters. The zero-order valence-corrected chi connectivity index (χ0v) is 15.8. The van der Waals surface area contributed by atoms with E-state index in [9.17, 15) is 18.8 Å². The van der Waals surface area contributed by atoms with Crippen molar-refractivity contribution in [2.45, 2.75) is 0 Å². The molecular formula is C19H12FN3O3S2. The van der Waals surface area contributed by atoms with E-state index in [1.165, 1.54) is 29.2 Å². The van der Waals surface area contributed by atoms with Crippen LogP contribution in [0.25, 0.3) is 5.57 Å². The number of para-hydroxylation sites is 1. The molecule has 0 spiro atoms. The van der Waals surface area contributed by atoms with Crippen LogP contribution in [0.4, 0.5) is 15.8 Å². The molecule has 0 aromatic heterocycles. The number of anilines is 2. The van der Waals surface area contributed by atoms with Crippen molar-refractivity contribution < 1.29 is 18.8 Å². The van der Waals surface area contributed by atoms with Crippen LogP contribution in [0.5, 0.6) is 0 Å². The van der Waals surface area contributed by atoms with Crippen LogP contribution in [-0.4, -0.2) is 28.6 Å². The Morgan fingerprint density at radius 2 is 1.86 bits per heavy atom.